The number of nitrogens with zero attached hydrogens (tertiary/aromatic N) is 1. The van der Waals surface area contributed by atoms with Crippen LogP contribution in [0.25, 0.3) is 0 Å². The topological polar surface area (TPSA) is 87.7 Å². The van der Waals surface area contributed by atoms with Crippen molar-refractivity contribution in [2.75, 3.05) is 25.5 Å². The van der Waals surface area contributed by atoms with Crippen LogP contribution in [0.2, 0.25) is 0 Å². The fourth-order valence-electron chi connectivity index (χ4n) is 2.66. The van der Waals surface area contributed by atoms with Gasteiger partial charge in [0.05, 0.1) is 4.90 Å². The lowest BCUT2D eigenvalue weighted by Crippen LogP contribution is -2.47. The van der Waals surface area contributed by atoms with Crippen molar-refractivity contribution in [3.63, 3.8) is 0 Å². The van der Waals surface area contributed by atoms with E-state index in [1.54, 1.807) is 52.1 Å². The minimum Gasteiger partial charge on any atom is -0.444 e. The average molecular weight is 369 g/mol. The number of benzene rings is 1. The lowest BCUT2D eigenvalue weighted by Gasteiger charge is -2.32. The Morgan fingerprint density at radius 3 is 2.20 bits per heavy atom. The fraction of sp³-hybridized carbons (Fsp3) is 0.588. The van der Waals surface area contributed by atoms with Gasteiger partial charge >= 0.3 is 6.09 Å². The van der Waals surface area contributed by atoms with Gasteiger partial charge in [0.2, 0.25) is 10.0 Å². The third-order valence-electron chi connectivity index (χ3n) is 3.96. The molecule has 25 heavy (non-hydrogen) atoms. The zero-order chi connectivity index (χ0) is 18.7. The molecule has 0 spiro atoms. The molecule has 0 aromatic heterocycles. The van der Waals surface area contributed by atoms with Gasteiger partial charge in [-0.2, -0.15) is 4.31 Å². The van der Waals surface area contributed by atoms with Gasteiger partial charge in [-0.25, -0.2) is 13.2 Å². The molecule has 1 aliphatic heterocycles. The van der Waals surface area contributed by atoms with Crippen LogP contribution in [-0.2, 0) is 14.8 Å². The Morgan fingerprint density at radius 2 is 1.72 bits per heavy atom. The molecule has 140 valence electrons. The number of piperidine rings is 1. The number of nitrogens with one attached hydrogen (secondary N) is 2. The van der Waals surface area contributed by atoms with E-state index in [9.17, 15) is 13.2 Å². The molecule has 2 N–H and O–H groups in total. The minimum atomic E-state index is -3.51. The normalized spacial score (nSPS) is 17.1. The Kier molecular flexibility index (Phi) is 5.95. The molecule has 0 aliphatic carbocycles. The molecule has 1 aromatic rings. The van der Waals surface area contributed by atoms with E-state index in [1.165, 1.54) is 4.31 Å². The quantitative estimate of drug-likeness (QED) is 0.851. The largest absolute Gasteiger partial charge is 0.444 e. The summed E-state index contributed by atoms with van der Waals surface area (Å²) < 4.78 is 32.1. The van der Waals surface area contributed by atoms with Crippen molar-refractivity contribution in [2.45, 2.75) is 50.2 Å². The van der Waals surface area contributed by atoms with Crippen LogP contribution in [0.15, 0.2) is 29.2 Å². The lowest BCUT2D eigenvalue weighted by molar-refractivity contribution is 0.0489. The van der Waals surface area contributed by atoms with Crippen LogP contribution < -0.4 is 10.6 Å². The standard InChI is InChI=1S/C17H27N3O4S/c1-17(2,3)24-16(21)19-14-9-11-20(12-10-14)25(22,23)15-7-5-13(18-4)6-8-15/h5-8,14,18H,9-12H2,1-4H3,(H,19,21). The molecule has 1 fully saturated rings. The molecule has 1 aliphatic rings. The number of carbonyl (C=O) groups is 1. The van der Waals surface area contributed by atoms with Crippen LogP contribution in [0.3, 0.4) is 0 Å². The monoisotopic (exact) mass is 369 g/mol. The van der Waals surface area contributed by atoms with E-state index in [1.807, 2.05) is 0 Å². The maximum Gasteiger partial charge on any atom is 0.407 e. The third kappa shape index (κ3) is 5.34. The number of carbonyl (C=O) groups excluding carboxylic acids is 1. The van der Waals surface area contributed by atoms with Crippen molar-refractivity contribution in [3.8, 4) is 0 Å². The first-order valence-electron chi connectivity index (χ1n) is 8.39. The highest BCUT2D eigenvalue weighted by Crippen LogP contribution is 2.22. The summed E-state index contributed by atoms with van der Waals surface area (Å²) in [5, 5.41) is 5.78. The predicted octanol–water partition coefficient (Wildman–Crippen LogP) is 2.41. The van der Waals surface area contributed by atoms with Gasteiger partial charge in [-0.1, -0.05) is 0 Å². The van der Waals surface area contributed by atoms with Crippen molar-refractivity contribution < 1.29 is 17.9 Å². The predicted molar refractivity (Wildman–Crippen MR) is 97.1 cm³/mol. The first-order chi connectivity index (χ1) is 11.6. The number of anilines is 1. The fourth-order valence-corrected chi connectivity index (χ4v) is 4.13. The Labute approximate surface area is 149 Å². The molecule has 2 rings (SSSR count). The van der Waals surface area contributed by atoms with Gasteiger partial charge in [0.25, 0.3) is 0 Å². The van der Waals surface area contributed by atoms with Crippen LogP contribution in [-0.4, -0.2) is 50.6 Å². The molecular formula is C17H27N3O4S. The molecule has 1 heterocycles. The second-order valence-electron chi connectivity index (χ2n) is 7.10. The summed E-state index contributed by atoms with van der Waals surface area (Å²) in [7, 11) is -1.72. The smallest absolute Gasteiger partial charge is 0.407 e. The van der Waals surface area contributed by atoms with Crippen LogP contribution in [0.4, 0.5) is 10.5 Å². The number of hydrogen-bond acceptors (Lipinski definition) is 5. The Balaban J connectivity index is 1.93. The van der Waals surface area contributed by atoms with E-state index in [0.29, 0.717) is 25.9 Å². The molecule has 0 unspecified atom stereocenters. The van der Waals surface area contributed by atoms with Crippen molar-refractivity contribution >= 4 is 21.8 Å². The van der Waals surface area contributed by atoms with Gasteiger partial charge < -0.3 is 15.4 Å². The number of amides is 1. The Morgan fingerprint density at radius 1 is 1.16 bits per heavy atom. The van der Waals surface area contributed by atoms with E-state index in [4.69, 9.17) is 4.74 Å². The number of rotatable bonds is 4. The Bertz CT molecular complexity index is 688. The van der Waals surface area contributed by atoms with Gasteiger partial charge in [-0.3, -0.25) is 0 Å². The molecule has 0 bridgehead atoms. The molecule has 8 heteroatoms. The van der Waals surface area contributed by atoms with Gasteiger partial charge in [-0.15, -0.1) is 0 Å². The van der Waals surface area contributed by atoms with E-state index in [0.717, 1.165) is 5.69 Å². The second kappa shape index (κ2) is 7.61. The molecular weight excluding hydrogens is 342 g/mol. The summed E-state index contributed by atoms with van der Waals surface area (Å²) in [4.78, 5) is 12.1. The zero-order valence-electron chi connectivity index (χ0n) is 15.2. The van der Waals surface area contributed by atoms with Crippen molar-refractivity contribution in [1.82, 2.24) is 9.62 Å². The van der Waals surface area contributed by atoms with Crippen molar-refractivity contribution in [2.24, 2.45) is 0 Å². The zero-order valence-corrected chi connectivity index (χ0v) is 16.0. The van der Waals surface area contributed by atoms with E-state index in [2.05, 4.69) is 10.6 Å². The van der Waals surface area contributed by atoms with Gasteiger partial charge in [0.15, 0.2) is 0 Å². The van der Waals surface area contributed by atoms with Crippen molar-refractivity contribution in [1.29, 1.82) is 0 Å². The Hall–Kier alpha value is -1.80. The molecule has 0 atom stereocenters. The molecule has 1 aromatic carbocycles. The molecule has 7 nitrogen and oxygen atoms in total. The van der Waals surface area contributed by atoms with E-state index >= 15 is 0 Å². The first-order valence-corrected chi connectivity index (χ1v) is 9.83. The summed E-state index contributed by atoms with van der Waals surface area (Å²) in [6.07, 6.45) is 0.664. The van der Waals surface area contributed by atoms with E-state index in [-0.39, 0.29) is 10.9 Å². The third-order valence-corrected chi connectivity index (χ3v) is 5.87. The van der Waals surface area contributed by atoms with Crippen LogP contribution in [0, 0.1) is 0 Å². The highest BCUT2D eigenvalue weighted by atomic mass is 32.2. The van der Waals surface area contributed by atoms with Crippen molar-refractivity contribution in [3.05, 3.63) is 24.3 Å². The highest BCUT2D eigenvalue weighted by molar-refractivity contribution is 7.89. The molecule has 0 radical (unpaired) electrons. The van der Waals surface area contributed by atoms with Gasteiger partial charge in [-0.05, 0) is 57.9 Å². The van der Waals surface area contributed by atoms with E-state index < -0.39 is 21.7 Å². The second-order valence-corrected chi connectivity index (χ2v) is 9.04. The van der Waals surface area contributed by atoms with Gasteiger partial charge in [0, 0.05) is 31.9 Å². The summed E-state index contributed by atoms with van der Waals surface area (Å²) in [5.74, 6) is 0. The maximum atomic E-state index is 12.7. The van der Waals surface area contributed by atoms with Crippen LogP contribution in [0.1, 0.15) is 33.6 Å². The average Bonchev–Trinajstić information content (AvgIpc) is 2.53. The van der Waals surface area contributed by atoms with Crippen LogP contribution >= 0.6 is 0 Å². The number of sulfonamides is 1. The summed E-state index contributed by atoms with van der Waals surface area (Å²) >= 11 is 0. The maximum absolute atomic E-state index is 12.7. The molecule has 1 amide bonds. The highest BCUT2D eigenvalue weighted by Gasteiger charge is 2.30. The summed E-state index contributed by atoms with van der Waals surface area (Å²) in [6, 6.07) is 6.61. The molecule has 1 saturated heterocycles. The SMILES string of the molecule is CNc1ccc(S(=O)(=O)N2CCC(NC(=O)OC(C)(C)C)CC2)cc1. The van der Waals surface area contributed by atoms with Gasteiger partial charge in [0.1, 0.15) is 5.60 Å². The first kappa shape index (κ1) is 19.5. The lowest BCUT2D eigenvalue weighted by atomic mass is 10.1. The molecule has 0 saturated carbocycles. The number of alkyl carbamates (subject to hydrolysis) is 1. The van der Waals surface area contributed by atoms with Crippen LogP contribution in [0.5, 0.6) is 0 Å². The number of hydrogen-bond donors (Lipinski definition) is 2. The number of ether oxygens (including phenoxy) is 1. The summed E-state index contributed by atoms with van der Waals surface area (Å²) in [5.41, 5.74) is 0.312. The summed E-state index contributed by atoms with van der Waals surface area (Å²) in [6.45, 7) is 6.16. The minimum absolute atomic E-state index is 0.0760.